The lowest BCUT2D eigenvalue weighted by atomic mass is 9.69. The Kier molecular flexibility index (Phi) is 5.49. The summed E-state index contributed by atoms with van der Waals surface area (Å²) in [4.78, 5) is 12.5. The van der Waals surface area contributed by atoms with E-state index in [0.29, 0.717) is 6.42 Å². The zero-order chi connectivity index (χ0) is 13.9. The monoisotopic (exact) mass is 408 g/mol. The average Bonchev–Trinajstić information content (AvgIpc) is 2.68. The molecule has 2 rings (SSSR count). The molecule has 2 nitrogen and oxygen atoms in total. The standard InChI is InChI=1S/C14H18Br2O2S/c15-10-9-19-11(13(10)16)4-7-14(8-12(17)18)5-2-1-3-6-14/h9H,1-8H2,(H,17,18). The molecular formula is C14H18Br2O2S. The molecule has 0 spiro atoms. The molecule has 1 heterocycles. The Balaban J connectivity index is 2.04. The van der Waals surface area contributed by atoms with Gasteiger partial charge in [0.2, 0.25) is 0 Å². The summed E-state index contributed by atoms with van der Waals surface area (Å²) in [7, 11) is 0. The van der Waals surface area contributed by atoms with Crippen molar-refractivity contribution in [2.24, 2.45) is 5.41 Å². The minimum atomic E-state index is -0.645. The molecule has 106 valence electrons. The molecule has 5 heteroatoms. The Bertz CT molecular complexity index is 450. The second-order valence-corrected chi connectivity index (χ2v) is 8.06. The van der Waals surface area contributed by atoms with Gasteiger partial charge in [0.25, 0.3) is 0 Å². The fraction of sp³-hybridized carbons (Fsp3) is 0.643. The molecule has 0 aliphatic heterocycles. The van der Waals surface area contributed by atoms with E-state index < -0.39 is 5.97 Å². The molecule has 0 radical (unpaired) electrons. The minimum absolute atomic E-state index is 0.0278. The minimum Gasteiger partial charge on any atom is -0.481 e. The normalized spacial score (nSPS) is 18.4. The van der Waals surface area contributed by atoms with Crippen LogP contribution in [0.25, 0.3) is 0 Å². The fourth-order valence-corrected chi connectivity index (χ4v) is 5.24. The number of aryl methyl sites for hydroxylation is 1. The molecule has 19 heavy (non-hydrogen) atoms. The molecule has 1 aliphatic rings. The van der Waals surface area contributed by atoms with Crippen LogP contribution in [0.1, 0.15) is 49.8 Å². The number of hydrogen-bond acceptors (Lipinski definition) is 2. The first-order valence-corrected chi connectivity index (χ1v) is 9.12. The molecule has 1 aromatic rings. The Morgan fingerprint density at radius 2 is 2.00 bits per heavy atom. The van der Waals surface area contributed by atoms with Crippen LogP contribution in [-0.4, -0.2) is 11.1 Å². The van der Waals surface area contributed by atoms with E-state index in [1.807, 2.05) is 0 Å². The number of hydrogen-bond donors (Lipinski definition) is 1. The summed E-state index contributed by atoms with van der Waals surface area (Å²) in [5.74, 6) is -0.645. The van der Waals surface area contributed by atoms with Crippen LogP contribution in [-0.2, 0) is 11.2 Å². The first-order valence-electron chi connectivity index (χ1n) is 6.66. The third-order valence-electron chi connectivity index (χ3n) is 4.08. The molecule has 0 aromatic carbocycles. The maximum atomic E-state index is 11.1. The van der Waals surface area contributed by atoms with Gasteiger partial charge in [0.1, 0.15) is 0 Å². The molecule has 1 aliphatic carbocycles. The second kappa shape index (κ2) is 6.72. The van der Waals surface area contributed by atoms with E-state index in [0.717, 1.165) is 34.6 Å². The number of carboxylic acid groups (broad SMARTS) is 1. The van der Waals surface area contributed by atoms with E-state index >= 15 is 0 Å². The Morgan fingerprint density at radius 1 is 1.32 bits per heavy atom. The number of aliphatic carboxylic acids is 1. The number of carboxylic acids is 1. The highest BCUT2D eigenvalue weighted by Crippen LogP contribution is 2.44. The number of rotatable bonds is 5. The summed E-state index contributed by atoms with van der Waals surface area (Å²) >= 11 is 8.84. The van der Waals surface area contributed by atoms with Crippen molar-refractivity contribution in [2.75, 3.05) is 0 Å². The summed E-state index contributed by atoms with van der Waals surface area (Å²) < 4.78 is 2.24. The van der Waals surface area contributed by atoms with Crippen molar-refractivity contribution in [1.82, 2.24) is 0 Å². The van der Waals surface area contributed by atoms with Gasteiger partial charge in [-0.15, -0.1) is 11.3 Å². The molecule has 0 amide bonds. The van der Waals surface area contributed by atoms with E-state index in [2.05, 4.69) is 37.2 Å². The summed E-state index contributed by atoms with van der Waals surface area (Å²) in [5, 5.41) is 11.3. The number of halogens is 2. The van der Waals surface area contributed by atoms with Crippen LogP contribution in [0.4, 0.5) is 0 Å². The van der Waals surface area contributed by atoms with Gasteiger partial charge in [-0.1, -0.05) is 19.3 Å². The topological polar surface area (TPSA) is 37.3 Å². The zero-order valence-corrected chi connectivity index (χ0v) is 14.7. The van der Waals surface area contributed by atoms with Crippen molar-refractivity contribution < 1.29 is 9.90 Å². The van der Waals surface area contributed by atoms with Gasteiger partial charge in [0.05, 0.1) is 6.42 Å². The lowest BCUT2D eigenvalue weighted by molar-refractivity contribution is -0.140. The maximum Gasteiger partial charge on any atom is 0.303 e. The van der Waals surface area contributed by atoms with Crippen molar-refractivity contribution in [3.63, 3.8) is 0 Å². The van der Waals surface area contributed by atoms with Crippen molar-refractivity contribution in [3.8, 4) is 0 Å². The summed E-state index contributed by atoms with van der Waals surface area (Å²) in [6.45, 7) is 0. The van der Waals surface area contributed by atoms with Crippen LogP contribution in [0.2, 0.25) is 0 Å². The fourth-order valence-electron chi connectivity index (χ4n) is 3.04. The average molecular weight is 410 g/mol. The Hall–Kier alpha value is 0.130. The molecule has 0 bridgehead atoms. The molecule has 1 fully saturated rings. The predicted octanol–water partition coefficient (Wildman–Crippen LogP) is 5.63. The molecule has 1 N–H and O–H groups in total. The highest BCUT2D eigenvalue weighted by Gasteiger charge is 2.34. The second-order valence-electron chi connectivity index (χ2n) is 5.45. The van der Waals surface area contributed by atoms with Crippen LogP contribution in [0, 0.1) is 5.41 Å². The van der Waals surface area contributed by atoms with Gasteiger partial charge in [-0.3, -0.25) is 4.79 Å². The molecule has 0 saturated heterocycles. The highest BCUT2D eigenvalue weighted by molar-refractivity contribution is 9.13. The van der Waals surface area contributed by atoms with Gasteiger partial charge in [-0.2, -0.15) is 0 Å². The van der Waals surface area contributed by atoms with Gasteiger partial charge < -0.3 is 5.11 Å². The van der Waals surface area contributed by atoms with Gasteiger partial charge in [-0.25, -0.2) is 0 Å². The smallest absolute Gasteiger partial charge is 0.303 e. The summed E-state index contributed by atoms with van der Waals surface area (Å²) in [5.41, 5.74) is 0.0278. The van der Waals surface area contributed by atoms with E-state index in [1.165, 1.54) is 24.1 Å². The third-order valence-corrected chi connectivity index (χ3v) is 7.76. The van der Waals surface area contributed by atoms with Gasteiger partial charge in [0, 0.05) is 19.2 Å². The number of thiophene rings is 1. The van der Waals surface area contributed by atoms with Gasteiger partial charge in [0.15, 0.2) is 0 Å². The van der Waals surface area contributed by atoms with E-state index in [-0.39, 0.29) is 5.41 Å². The van der Waals surface area contributed by atoms with E-state index in [9.17, 15) is 9.90 Å². The largest absolute Gasteiger partial charge is 0.481 e. The predicted molar refractivity (Wildman–Crippen MR) is 85.8 cm³/mol. The molecule has 1 saturated carbocycles. The first kappa shape index (κ1) is 15.5. The van der Waals surface area contributed by atoms with Crippen LogP contribution >= 0.6 is 43.2 Å². The zero-order valence-electron chi connectivity index (χ0n) is 10.8. The quantitative estimate of drug-likeness (QED) is 0.683. The van der Waals surface area contributed by atoms with Crippen molar-refractivity contribution >= 4 is 49.2 Å². The van der Waals surface area contributed by atoms with Crippen LogP contribution in [0.3, 0.4) is 0 Å². The van der Waals surface area contributed by atoms with Crippen molar-refractivity contribution in [1.29, 1.82) is 0 Å². The Labute approximate surface area is 134 Å². The molecular weight excluding hydrogens is 392 g/mol. The number of carbonyl (C=O) groups is 1. The van der Waals surface area contributed by atoms with Crippen molar-refractivity contribution in [3.05, 3.63) is 19.2 Å². The highest BCUT2D eigenvalue weighted by atomic mass is 79.9. The Morgan fingerprint density at radius 3 is 2.53 bits per heavy atom. The van der Waals surface area contributed by atoms with E-state index in [4.69, 9.17) is 0 Å². The molecule has 0 unspecified atom stereocenters. The first-order chi connectivity index (χ1) is 9.02. The SMILES string of the molecule is O=C(O)CC1(CCc2scc(Br)c2Br)CCCCC1. The van der Waals surface area contributed by atoms with Crippen molar-refractivity contribution in [2.45, 2.75) is 51.4 Å². The third kappa shape index (κ3) is 4.05. The lowest BCUT2D eigenvalue weighted by Gasteiger charge is -2.36. The maximum absolute atomic E-state index is 11.1. The lowest BCUT2D eigenvalue weighted by Crippen LogP contribution is -2.28. The van der Waals surface area contributed by atoms with Crippen LogP contribution < -0.4 is 0 Å². The van der Waals surface area contributed by atoms with Gasteiger partial charge in [-0.05, 0) is 63.0 Å². The summed E-state index contributed by atoms with van der Waals surface area (Å²) in [6, 6.07) is 0. The molecule has 1 aromatic heterocycles. The van der Waals surface area contributed by atoms with Crippen LogP contribution in [0.15, 0.2) is 14.3 Å². The molecule has 0 atom stereocenters. The van der Waals surface area contributed by atoms with Crippen LogP contribution in [0.5, 0.6) is 0 Å². The summed E-state index contributed by atoms with van der Waals surface area (Å²) in [6.07, 6.45) is 8.07. The van der Waals surface area contributed by atoms with Gasteiger partial charge >= 0.3 is 5.97 Å². The van der Waals surface area contributed by atoms with E-state index in [1.54, 1.807) is 11.3 Å².